The van der Waals surface area contributed by atoms with Crippen LogP contribution in [0.3, 0.4) is 0 Å². The van der Waals surface area contributed by atoms with Gasteiger partial charge >= 0.3 is 6.09 Å². The second-order valence-corrected chi connectivity index (χ2v) is 5.88. The van der Waals surface area contributed by atoms with Crippen LogP contribution in [-0.4, -0.2) is 36.7 Å². The zero-order valence-corrected chi connectivity index (χ0v) is 13.6. The van der Waals surface area contributed by atoms with Gasteiger partial charge in [0.25, 0.3) is 0 Å². The summed E-state index contributed by atoms with van der Waals surface area (Å²) in [6.45, 7) is 5.35. The molecule has 4 heteroatoms. The summed E-state index contributed by atoms with van der Waals surface area (Å²) >= 11 is 0. The first-order valence-corrected chi connectivity index (χ1v) is 8.49. The van der Waals surface area contributed by atoms with Gasteiger partial charge in [-0.1, -0.05) is 37.3 Å². The zero-order chi connectivity index (χ0) is 15.6. The Hall–Kier alpha value is -1.55. The van der Waals surface area contributed by atoms with Crippen LogP contribution >= 0.6 is 0 Å². The predicted molar refractivity (Wildman–Crippen MR) is 88.7 cm³/mol. The molecule has 0 aliphatic carbocycles. The average molecular weight is 304 g/mol. The highest BCUT2D eigenvalue weighted by Gasteiger charge is 2.27. The molecule has 0 aromatic heterocycles. The lowest BCUT2D eigenvalue weighted by Gasteiger charge is -2.35. The lowest BCUT2D eigenvalue weighted by molar-refractivity contribution is 0.0655. The summed E-state index contributed by atoms with van der Waals surface area (Å²) in [4.78, 5) is 14.3. The maximum atomic E-state index is 12.4. The van der Waals surface area contributed by atoms with Gasteiger partial charge in [-0.2, -0.15) is 0 Å². The van der Waals surface area contributed by atoms with Gasteiger partial charge in [0.2, 0.25) is 0 Å². The molecule has 0 bridgehead atoms. The molecule has 1 aliphatic rings. The monoisotopic (exact) mass is 304 g/mol. The largest absolute Gasteiger partial charge is 0.445 e. The van der Waals surface area contributed by atoms with Gasteiger partial charge in [-0.15, -0.1) is 0 Å². The van der Waals surface area contributed by atoms with Crippen LogP contribution in [0, 0.1) is 0 Å². The lowest BCUT2D eigenvalue weighted by atomic mass is 9.98. The van der Waals surface area contributed by atoms with E-state index in [-0.39, 0.29) is 6.09 Å². The van der Waals surface area contributed by atoms with E-state index >= 15 is 0 Å². The first-order chi connectivity index (χ1) is 10.8. The zero-order valence-electron chi connectivity index (χ0n) is 13.6. The van der Waals surface area contributed by atoms with E-state index in [9.17, 15) is 4.79 Å². The molecule has 122 valence electrons. The van der Waals surface area contributed by atoms with Gasteiger partial charge in [0, 0.05) is 12.6 Å². The molecule has 1 aliphatic heterocycles. The minimum atomic E-state index is -0.156. The van der Waals surface area contributed by atoms with Crippen molar-refractivity contribution in [1.82, 2.24) is 10.2 Å². The molecule has 1 fully saturated rings. The van der Waals surface area contributed by atoms with E-state index < -0.39 is 0 Å². The summed E-state index contributed by atoms with van der Waals surface area (Å²) in [5.41, 5.74) is 1.04. The van der Waals surface area contributed by atoms with Gasteiger partial charge in [-0.25, -0.2) is 4.79 Å². The fraction of sp³-hybridized carbons (Fsp3) is 0.611. The molecule has 1 aromatic carbocycles. The third-order valence-corrected chi connectivity index (χ3v) is 4.21. The fourth-order valence-corrected chi connectivity index (χ4v) is 2.98. The van der Waals surface area contributed by atoms with E-state index in [1.807, 2.05) is 35.2 Å². The molecular weight excluding hydrogens is 276 g/mol. The van der Waals surface area contributed by atoms with Gasteiger partial charge in [-0.05, 0) is 50.8 Å². The Morgan fingerprint density at radius 3 is 2.91 bits per heavy atom. The van der Waals surface area contributed by atoms with Crippen LogP contribution in [0.5, 0.6) is 0 Å². The summed E-state index contributed by atoms with van der Waals surface area (Å²) in [6.07, 6.45) is 5.43. The van der Waals surface area contributed by atoms with E-state index in [0.29, 0.717) is 12.6 Å². The normalized spacial score (nSPS) is 18.2. The van der Waals surface area contributed by atoms with Crippen LogP contribution in [-0.2, 0) is 11.3 Å². The molecule has 1 amide bonds. The third-order valence-electron chi connectivity index (χ3n) is 4.21. The number of nitrogens with one attached hydrogen (secondary N) is 1. The van der Waals surface area contributed by atoms with Gasteiger partial charge in [0.05, 0.1) is 0 Å². The molecule has 2 rings (SSSR count). The standard InChI is InChI=1S/C18H28N2O2/c1-2-19-13-8-12-17-11-6-7-14-20(17)18(21)22-15-16-9-4-3-5-10-16/h3-5,9-10,17,19H,2,6-8,11-15H2,1H3/t17-/m0/s1. The molecule has 1 N–H and O–H groups in total. The van der Waals surface area contributed by atoms with Crippen molar-refractivity contribution in [2.45, 2.75) is 51.7 Å². The van der Waals surface area contributed by atoms with Crippen LogP contribution in [0.2, 0.25) is 0 Å². The Balaban J connectivity index is 1.80. The van der Waals surface area contributed by atoms with Crippen molar-refractivity contribution < 1.29 is 9.53 Å². The number of hydrogen-bond acceptors (Lipinski definition) is 3. The molecule has 0 spiro atoms. The van der Waals surface area contributed by atoms with Crippen molar-refractivity contribution in [3.63, 3.8) is 0 Å². The molecule has 1 aromatic rings. The number of benzene rings is 1. The Morgan fingerprint density at radius 2 is 2.14 bits per heavy atom. The van der Waals surface area contributed by atoms with Gasteiger partial charge in [0.1, 0.15) is 6.61 Å². The van der Waals surface area contributed by atoms with E-state index in [0.717, 1.165) is 50.9 Å². The molecule has 4 nitrogen and oxygen atoms in total. The molecule has 1 atom stereocenters. The smallest absolute Gasteiger partial charge is 0.410 e. The number of likely N-dealkylation sites (tertiary alicyclic amines) is 1. The molecule has 0 unspecified atom stereocenters. The number of carbonyl (C=O) groups excluding carboxylic acids is 1. The first-order valence-electron chi connectivity index (χ1n) is 8.49. The summed E-state index contributed by atoms with van der Waals surface area (Å²) < 4.78 is 5.50. The lowest BCUT2D eigenvalue weighted by Crippen LogP contribution is -2.44. The van der Waals surface area contributed by atoms with Crippen molar-refractivity contribution in [3.8, 4) is 0 Å². The fourth-order valence-electron chi connectivity index (χ4n) is 2.98. The predicted octanol–water partition coefficient (Wildman–Crippen LogP) is 3.57. The van der Waals surface area contributed by atoms with E-state index in [1.54, 1.807) is 0 Å². The van der Waals surface area contributed by atoms with Crippen LogP contribution in [0.4, 0.5) is 4.79 Å². The summed E-state index contributed by atoms with van der Waals surface area (Å²) in [5, 5.41) is 3.34. The number of nitrogens with zero attached hydrogens (tertiary/aromatic N) is 1. The minimum absolute atomic E-state index is 0.156. The minimum Gasteiger partial charge on any atom is -0.445 e. The SMILES string of the molecule is CCNCCC[C@@H]1CCCCN1C(=O)OCc1ccccc1. The highest BCUT2D eigenvalue weighted by Crippen LogP contribution is 2.22. The van der Waals surface area contributed by atoms with E-state index in [4.69, 9.17) is 4.74 Å². The Bertz CT molecular complexity index is 436. The molecule has 22 heavy (non-hydrogen) atoms. The van der Waals surface area contributed by atoms with Gasteiger partial charge < -0.3 is 15.0 Å². The van der Waals surface area contributed by atoms with Crippen molar-refractivity contribution in [2.75, 3.05) is 19.6 Å². The highest BCUT2D eigenvalue weighted by atomic mass is 16.6. The van der Waals surface area contributed by atoms with E-state index in [2.05, 4.69) is 12.2 Å². The second kappa shape index (κ2) is 9.46. The maximum absolute atomic E-state index is 12.4. The quantitative estimate of drug-likeness (QED) is 0.783. The third kappa shape index (κ3) is 5.34. The van der Waals surface area contributed by atoms with Gasteiger partial charge in [0.15, 0.2) is 0 Å². The van der Waals surface area contributed by atoms with Crippen molar-refractivity contribution in [3.05, 3.63) is 35.9 Å². The van der Waals surface area contributed by atoms with Crippen molar-refractivity contribution >= 4 is 6.09 Å². The molecule has 0 radical (unpaired) electrons. The van der Waals surface area contributed by atoms with Crippen LogP contribution in [0.25, 0.3) is 0 Å². The Labute approximate surface area is 133 Å². The summed E-state index contributed by atoms with van der Waals surface area (Å²) in [6, 6.07) is 10.2. The van der Waals surface area contributed by atoms with Crippen LogP contribution < -0.4 is 5.32 Å². The number of carbonyl (C=O) groups is 1. The molecular formula is C18H28N2O2. The highest BCUT2D eigenvalue weighted by molar-refractivity contribution is 5.68. The van der Waals surface area contributed by atoms with E-state index in [1.165, 1.54) is 6.42 Å². The number of piperidine rings is 1. The average Bonchev–Trinajstić information content (AvgIpc) is 2.58. The van der Waals surface area contributed by atoms with Crippen molar-refractivity contribution in [2.24, 2.45) is 0 Å². The van der Waals surface area contributed by atoms with Crippen LogP contribution in [0.15, 0.2) is 30.3 Å². The second-order valence-electron chi connectivity index (χ2n) is 5.88. The molecule has 1 heterocycles. The first kappa shape index (κ1) is 16.8. The number of ether oxygens (including phenoxy) is 1. The maximum Gasteiger partial charge on any atom is 0.410 e. The van der Waals surface area contributed by atoms with Gasteiger partial charge in [-0.3, -0.25) is 0 Å². The number of rotatable bonds is 7. The number of amides is 1. The molecule has 0 saturated carbocycles. The molecule has 1 saturated heterocycles. The Morgan fingerprint density at radius 1 is 1.32 bits per heavy atom. The summed E-state index contributed by atoms with van der Waals surface area (Å²) in [7, 11) is 0. The van der Waals surface area contributed by atoms with Crippen LogP contribution in [0.1, 0.15) is 44.6 Å². The summed E-state index contributed by atoms with van der Waals surface area (Å²) in [5.74, 6) is 0. The number of hydrogen-bond donors (Lipinski definition) is 1. The van der Waals surface area contributed by atoms with Crippen molar-refractivity contribution in [1.29, 1.82) is 0 Å². The Kier molecular flexibility index (Phi) is 7.23. The topological polar surface area (TPSA) is 41.6 Å².